The summed E-state index contributed by atoms with van der Waals surface area (Å²) >= 11 is 6.06. The predicted molar refractivity (Wildman–Crippen MR) is 85.1 cm³/mol. The average molecular weight is 375 g/mol. The first-order valence-electron chi connectivity index (χ1n) is 7.42. The molecule has 3 rings (SSSR count). The van der Waals surface area contributed by atoms with Crippen LogP contribution in [-0.4, -0.2) is 45.5 Å². The van der Waals surface area contributed by atoms with Crippen LogP contribution in [0.1, 0.15) is 6.42 Å². The van der Waals surface area contributed by atoms with Crippen LogP contribution >= 0.6 is 11.6 Å². The number of amides is 2. The summed E-state index contributed by atoms with van der Waals surface area (Å²) in [6, 6.07) is 5.17. The Morgan fingerprint density at radius 2 is 2.16 bits per heavy atom. The molecule has 134 valence electrons. The molecule has 0 aliphatic carbocycles. The minimum atomic E-state index is -4.49. The van der Waals surface area contributed by atoms with Crippen LogP contribution in [0.25, 0.3) is 11.0 Å². The number of alkyl halides is 3. The lowest BCUT2D eigenvalue weighted by molar-refractivity contribution is -0.157. The number of fused-ring (bicyclic) bond motifs is 1. The summed E-state index contributed by atoms with van der Waals surface area (Å²) in [6.07, 6.45) is -4.75. The van der Waals surface area contributed by atoms with Crippen LogP contribution in [0, 0.1) is 5.92 Å². The molecule has 0 spiro atoms. The number of likely N-dealkylation sites (tertiary alicyclic amines) is 1. The fraction of sp³-hybridized carbons (Fsp3) is 0.400. The van der Waals surface area contributed by atoms with Gasteiger partial charge in [-0.1, -0.05) is 17.7 Å². The molecule has 1 unspecified atom stereocenters. The van der Waals surface area contributed by atoms with E-state index in [1.807, 2.05) is 0 Å². The standard InChI is InChI=1S/C15H14ClF3N4O2/c1-22-10-4-2-3-9(16)12(10)20-14(22)21-13(25)8-5-11(24)23(6-8)7-15(17,18)19/h2-4,8H,5-7H2,1H3,(H,20,21,25). The largest absolute Gasteiger partial charge is 0.406 e. The van der Waals surface area contributed by atoms with Crippen LogP contribution in [0.4, 0.5) is 19.1 Å². The van der Waals surface area contributed by atoms with Crippen LogP contribution in [0.2, 0.25) is 5.02 Å². The van der Waals surface area contributed by atoms with Gasteiger partial charge in [-0.2, -0.15) is 13.2 Å². The number of imidazole rings is 1. The molecule has 1 aromatic heterocycles. The third-order valence-electron chi connectivity index (χ3n) is 4.05. The highest BCUT2D eigenvalue weighted by molar-refractivity contribution is 6.35. The second-order valence-electron chi connectivity index (χ2n) is 5.88. The van der Waals surface area contributed by atoms with Crippen LogP contribution < -0.4 is 5.32 Å². The summed E-state index contributed by atoms with van der Waals surface area (Å²) in [5.41, 5.74) is 1.20. The molecular formula is C15H14ClF3N4O2. The van der Waals surface area contributed by atoms with Crippen molar-refractivity contribution in [1.82, 2.24) is 14.5 Å². The summed E-state index contributed by atoms with van der Waals surface area (Å²) in [4.78, 5) is 28.9. The van der Waals surface area contributed by atoms with Gasteiger partial charge in [-0.25, -0.2) is 4.98 Å². The molecule has 10 heteroatoms. The van der Waals surface area contributed by atoms with Crippen molar-refractivity contribution < 1.29 is 22.8 Å². The molecule has 1 aliphatic heterocycles. The molecule has 0 saturated carbocycles. The van der Waals surface area contributed by atoms with Crippen molar-refractivity contribution in [3.63, 3.8) is 0 Å². The zero-order valence-electron chi connectivity index (χ0n) is 13.1. The number of carbonyl (C=O) groups excluding carboxylic acids is 2. The summed E-state index contributed by atoms with van der Waals surface area (Å²) in [7, 11) is 1.68. The Morgan fingerprint density at radius 3 is 2.80 bits per heavy atom. The SMILES string of the molecule is Cn1c(NC(=O)C2CC(=O)N(CC(F)(F)F)C2)nc2c(Cl)cccc21. The molecule has 0 radical (unpaired) electrons. The molecule has 1 fully saturated rings. The molecule has 25 heavy (non-hydrogen) atoms. The molecule has 1 saturated heterocycles. The summed E-state index contributed by atoms with van der Waals surface area (Å²) < 4.78 is 38.9. The number of halogens is 4. The lowest BCUT2D eigenvalue weighted by atomic mass is 10.1. The Kier molecular flexibility index (Phi) is 4.36. The van der Waals surface area contributed by atoms with Crippen LogP contribution in [0.15, 0.2) is 18.2 Å². The molecule has 6 nitrogen and oxygen atoms in total. The fourth-order valence-electron chi connectivity index (χ4n) is 2.82. The highest BCUT2D eigenvalue weighted by atomic mass is 35.5. The minimum Gasteiger partial charge on any atom is -0.333 e. The number of carbonyl (C=O) groups is 2. The van der Waals surface area contributed by atoms with E-state index in [0.717, 1.165) is 0 Å². The zero-order chi connectivity index (χ0) is 18.4. The number of nitrogens with one attached hydrogen (secondary N) is 1. The van der Waals surface area contributed by atoms with Gasteiger partial charge in [-0.05, 0) is 12.1 Å². The number of benzene rings is 1. The van der Waals surface area contributed by atoms with Gasteiger partial charge >= 0.3 is 6.18 Å². The van der Waals surface area contributed by atoms with E-state index in [2.05, 4.69) is 10.3 Å². The third-order valence-corrected chi connectivity index (χ3v) is 4.36. The second kappa shape index (κ2) is 6.21. The number of nitrogens with zero attached hydrogens (tertiary/aromatic N) is 3. The van der Waals surface area contributed by atoms with Gasteiger partial charge in [0.25, 0.3) is 0 Å². The van der Waals surface area contributed by atoms with E-state index in [1.165, 1.54) is 0 Å². The monoisotopic (exact) mass is 374 g/mol. The molecule has 2 amide bonds. The Labute approximate surface area is 145 Å². The first kappa shape index (κ1) is 17.5. The van der Waals surface area contributed by atoms with Crippen molar-refractivity contribution in [3.05, 3.63) is 23.2 Å². The molecule has 1 aliphatic rings. The first-order valence-corrected chi connectivity index (χ1v) is 7.80. The molecular weight excluding hydrogens is 361 g/mol. The number of para-hydroxylation sites is 1. The van der Waals surface area contributed by atoms with E-state index in [-0.39, 0.29) is 18.9 Å². The maximum atomic E-state index is 12.4. The maximum absolute atomic E-state index is 12.4. The van der Waals surface area contributed by atoms with E-state index in [1.54, 1.807) is 29.8 Å². The van der Waals surface area contributed by atoms with Crippen LogP contribution in [0.5, 0.6) is 0 Å². The van der Waals surface area contributed by atoms with Gasteiger partial charge < -0.3 is 9.47 Å². The van der Waals surface area contributed by atoms with E-state index in [9.17, 15) is 22.8 Å². The molecule has 1 atom stereocenters. The summed E-state index contributed by atoms with van der Waals surface area (Å²) in [6.45, 7) is -1.62. The second-order valence-corrected chi connectivity index (χ2v) is 6.29. The highest BCUT2D eigenvalue weighted by Crippen LogP contribution is 2.27. The number of hydrogen-bond acceptors (Lipinski definition) is 3. The number of aryl methyl sites for hydroxylation is 1. The van der Waals surface area contributed by atoms with Crippen molar-refractivity contribution in [3.8, 4) is 0 Å². The lowest BCUT2D eigenvalue weighted by Gasteiger charge is -2.18. The summed E-state index contributed by atoms with van der Waals surface area (Å²) in [5.74, 6) is -1.88. The van der Waals surface area contributed by atoms with E-state index < -0.39 is 30.5 Å². The number of anilines is 1. The first-order chi connectivity index (χ1) is 11.7. The fourth-order valence-corrected chi connectivity index (χ4v) is 3.03. The van der Waals surface area contributed by atoms with E-state index in [0.29, 0.717) is 21.0 Å². The number of rotatable bonds is 3. The van der Waals surface area contributed by atoms with Gasteiger partial charge in [0.2, 0.25) is 17.8 Å². The van der Waals surface area contributed by atoms with Gasteiger partial charge in [-0.3, -0.25) is 14.9 Å². The van der Waals surface area contributed by atoms with Gasteiger partial charge in [0.15, 0.2) is 0 Å². The average Bonchev–Trinajstić information content (AvgIpc) is 3.01. The van der Waals surface area contributed by atoms with Gasteiger partial charge in [0.1, 0.15) is 12.1 Å². The molecule has 2 aromatic rings. The van der Waals surface area contributed by atoms with E-state index in [4.69, 9.17) is 11.6 Å². The Morgan fingerprint density at radius 1 is 1.44 bits per heavy atom. The predicted octanol–water partition coefficient (Wildman–Crippen LogP) is 2.58. The van der Waals surface area contributed by atoms with Crippen molar-refractivity contribution in [2.75, 3.05) is 18.4 Å². The normalized spacial score (nSPS) is 18.2. The van der Waals surface area contributed by atoms with Crippen molar-refractivity contribution >= 4 is 40.4 Å². The topological polar surface area (TPSA) is 67.2 Å². The Bertz CT molecular complexity index is 849. The molecule has 2 heterocycles. The third kappa shape index (κ3) is 3.55. The van der Waals surface area contributed by atoms with Crippen LogP contribution in [0.3, 0.4) is 0 Å². The Hall–Kier alpha value is -2.29. The number of hydrogen-bond donors (Lipinski definition) is 1. The summed E-state index contributed by atoms with van der Waals surface area (Å²) in [5, 5.41) is 2.98. The minimum absolute atomic E-state index is 0.217. The maximum Gasteiger partial charge on any atom is 0.406 e. The Balaban J connectivity index is 1.74. The zero-order valence-corrected chi connectivity index (χ0v) is 13.9. The number of aromatic nitrogens is 2. The van der Waals surface area contributed by atoms with Crippen molar-refractivity contribution in [2.24, 2.45) is 13.0 Å². The van der Waals surface area contributed by atoms with Gasteiger partial charge in [0.05, 0.1) is 16.5 Å². The lowest BCUT2D eigenvalue weighted by Crippen LogP contribution is -2.36. The molecule has 1 N–H and O–H groups in total. The van der Waals surface area contributed by atoms with Crippen molar-refractivity contribution in [2.45, 2.75) is 12.6 Å². The molecule has 1 aromatic carbocycles. The van der Waals surface area contributed by atoms with Crippen LogP contribution in [-0.2, 0) is 16.6 Å². The smallest absolute Gasteiger partial charge is 0.333 e. The van der Waals surface area contributed by atoms with Gasteiger partial charge in [-0.15, -0.1) is 0 Å². The quantitative estimate of drug-likeness (QED) is 0.898. The van der Waals surface area contributed by atoms with E-state index >= 15 is 0 Å². The highest BCUT2D eigenvalue weighted by Gasteiger charge is 2.40. The van der Waals surface area contributed by atoms with Gasteiger partial charge in [0, 0.05) is 20.0 Å². The van der Waals surface area contributed by atoms with Crippen molar-refractivity contribution in [1.29, 1.82) is 0 Å². The molecule has 0 bridgehead atoms.